The van der Waals surface area contributed by atoms with Crippen molar-refractivity contribution in [1.29, 1.82) is 0 Å². The highest BCUT2D eigenvalue weighted by atomic mass is 16.5. The fourth-order valence-corrected chi connectivity index (χ4v) is 1.85. The molecule has 2 aromatic rings. The second kappa shape index (κ2) is 7.28. The number of furan rings is 1. The fourth-order valence-electron chi connectivity index (χ4n) is 1.85. The molecular weight excluding hydrogens is 270 g/mol. The van der Waals surface area contributed by atoms with Gasteiger partial charge in [-0.15, -0.1) is 0 Å². The molecular formula is C16H17NO4. The molecule has 0 aliphatic rings. The van der Waals surface area contributed by atoms with Crippen LogP contribution in [0.2, 0.25) is 0 Å². The number of ether oxygens (including phenoxy) is 1. The summed E-state index contributed by atoms with van der Waals surface area (Å²) in [6.45, 7) is 2.07. The van der Waals surface area contributed by atoms with Crippen LogP contribution in [0.3, 0.4) is 0 Å². The summed E-state index contributed by atoms with van der Waals surface area (Å²) in [6, 6.07) is 10.3. The van der Waals surface area contributed by atoms with Gasteiger partial charge in [-0.1, -0.05) is 6.07 Å². The van der Waals surface area contributed by atoms with Crippen LogP contribution in [-0.2, 0) is 16.0 Å². The number of carbonyl (C=O) groups excluding carboxylic acids is 2. The molecule has 1 amide bonds. The maximum Gasteiger partial charge on any atom is 0.338 e. The Hall–Kier alpha value is -2.56. The summed E-state index contributed by atoms with van der Waals surface area (Å²) in [5.74, 6) is 0.238. The topological polar surface area (TPSA) is 68.5 Å². The van der Waals surface area contributed by atoms with Gasteiger partial charge in [0.15, 0.2) is 0 Å². The van der Waals surface area contributed by atoms with Gasteiger partial charge in [0, 0.05) is 18.5 Å². The molecule has 1 heterocycles. The highest BCUT2D eigenvalue weighted by Crippen LogP contribution is 2.13. The minimum absolute atomic E-state index is 0.132. The zero-order chi connectivity index (χ0) is 15.1. The van der Waals surface area contributed by atoms with Crippen LogP contribution >= 0.6 is 0 Å². The van der Waals surface area contributed by atoms with Crippen molar-refractivity contribution in [3.05, 3.63) is 54.0 Å². The maximum atomic E-state index is 11.8. The van der Waals surface area contributed by atoms with Gasteiger partial charge in [-0.05, 0) is 37.3 Å². The summed E-state index contributed by atoms with van der Waals surface area (Å²) in [6.07, 6.45) is 2.43. The molecule has 0 aliphatic carbocycles. The third-order valence-corrected chi connectivity index (χ3v) is 2.84. The highest BCUT2D eigenvalue weighted by Gasteiger charge is 2.09. The van der Waals surface area contributed by atoms with E-state index in [1.54, 1.807) is 43.5 Å². The third kappa shape index (κ3) is 4.49. The van der Waals surface area contributed by atoms with E-state index in [1.807, 2.05) is 6.07 Å². The zero-order valence-electron chi connectivity index (χ0n) is 11.8. The van der Waals surface area contributed by atoms with Crippen LogP contribution in [0.25, 0.3) is 0 Å². The van der Waals surface area contributed by atoms with Gasteiger partial charge in [0.1, 0.15) is 5.76 Å². The predicted molar refractivity (Wildman–Crippen MR) is 78.1 cm³/mol. The molecule has 0 saturated carbocycles. The minimum Gasteiger partial charge on any atom is -0.469 e. The van der Waals surface area contributed by atoms with E-state index < -0.39 is 5.97 Å². The lowest BCUT2D eigenvalue weighted by atomic mass is 10.2. The summed E-state index contributed by atoms with van der Waals surface area (Å²) < 4.78 is 10.1. The monoisotopic (exact) mass is 287 g/mol. The van der Waals surface area contributed by atoms with Gasteiger partial charge < -0.3 is 14.5 Å². The molecule has 0 unspecified atom stereocenters. The van der Waals surface area contributed by atoms with Crippen LogP contribution in [0.1, 0.15) is 29.5 Å². The van der Waals surface area contributed by atoms with Gasteiger partial charge in [-0.2, -0.15) is 0 Å². The Morgan fingerprint density at radius 2 is 2.10 bits per heavy atom. The van der Waals surface area contributed by atoms with Crippen molar-refractivity contribution >= 4 is 17.6 Å². The second-order valence-electron chi connectivity index (χ2n) is 4.43. The van der Waals surface area contributed by atoms with Crippen LogP contribution in [0.15, 0.2) is 47.1 Å². The first-order valence-corrected chi connectivity index (χ1v) is 6.78. The lowest BCUT2D eigenvalue weighted by molar-refractivity contribution is -0.116. The molecule has 1 N–H and O–H groups in total. The second-order valence-corrected chi connectivity index (χ2v) is 4.43. The molecule has 0 aliphatic heterocycles. The van der Waals surface area contributed by atoms with Gasteiger partial charge in [-0.25, -0.2) is 4.79 Å². The Morgan fingerprint density at radius 1 is 1.24 bits per heavy atom. The van der Waals surface area contributed by atoms with E-state index in [2.05, 4.69) is 5.32 Å². The minimum atomic E-state index is -0.399. The fraction of sp³-hybridized carbons (Fsp3) is 0.250. The van der Waals surface area contributed by atoms with Gasteiger partial charge >= 0.3 is 5.97 Å². The molecule has 1 aromatic heterocycles. The average Bonchev–Trinajstić information content (AvgIpc) is 2.99. The van der Waals surface area contributed by atoms with E-state index in [9.17, 15) is 9.59 Å². The number of aryl methyl sites for hydroxylation is 1. The Kier molecular flexibility index (Phi) is 5.15. The first-order chi connectivity index (χ1) is 10.2. The molecule has 1 aromatic carbocycles. The van der Waals surface area contributed by atoms with Crippen LogP contribution in [0.4, 0.5) is 5.69 Å². The van der Waals surface area contributed by atoms with Gasteiger partial charge in [0.2, 0.25) is 5.91 Å². The smallest absolute Gasteiger partial charge is 0.338 e. The number of esters is 1. The largest absolute Gasteiger partial charge is 0.469 e. The summed E-state index contributed by atoms with van der Waals surface area (Å²) in [5.41, 5.74) is 0.991. The van der Waals surface area contributed by atoms with Crippen LogP contribution in [-0.4, -0.2) is 18.5 Å². The van der Waals surface area contributed by atoms with Crippen molar-refractivity contribution < 1.29 is 18.7 Å². The van der Waals surface area contributed by atoms with Crippen molar-refractivity contribution in [3.8, 4) is 0 Å². The van der Waals surface area contributed by atoms with E-state index in [-0.39, 0.29) is 5.91 Å². The van der Waals surface area contributed by atoms with Crippen LogP contribution in [0, 0.1) is 0 Å². The summed E-state index contributed by atoms with van der Waals surface area (Å²) >= 11 is 0. The first-order valence-electron chi connectivity index (χ1n) is 6.78. The molecule has 0 saturated heterocycles. The van der Waals surface area contributed by atoms with Crippen LogP contribution in [0.5, 0.6) is 0 Å². The summed E-state index contributed by atoms with van der Waals surface area (Å²) in [4.78, 5) is 23.5. The molecule has 110 valence electrons. The summed E-state index contributed by atoms with van der Waals surface area (Å²) in [5, 5.41) is 2.75. The summed E-state index contributed by atoms with van der Waals surface area (Å²) in [7, 11) is 0. The van der Waals surface area contributed by atoms with Crippen molar-refractivity contribution in [3.63, 3.8) is 0 Å². The zero-order valence-corrected chi connectivity index (χ0v) is 11.8. The van der Waals surface area contributed by atoms with Crippen molar-refractivity contribution in [2.75, 3.05) is 11.9 Å². The Balaban J connectivity index is 1.91. The van der Waals surface area contributed by atoms with E-state index >= 15 is 0 Å². The van der Waals surface area contributed by atoms with E-state index in [0.29, 0.717) is 30.7 Å². The number of rotatable bonds is 6. The Bertz CT molecular complexity index is 604. The highest BCUT2D eigenvalue weighted by molar-refractivity contribution is 5.94. The van der Waals surface area contributed by atoms with Gasteiger partial charge in [-0.3, -0.25) is 4.79 Å². The standard InChI is InChI=1S/C16H17NO4/c1-2-20-16(19)12-5-3-6-13(11-12)17-15(18)9-8-14-7-4-10-21-14/h3-7,10-11H,2,8-9H2,1H3,(H,17,18). The average molecular weight is 287 g/mol. The number of benzene rings is 1. The number of nitrogens with one attached hydrogen (secondary N) is 1. The van der Waals surface area contributed by atoms with Gasteiger partial charge in [0.05, 0.1) is 18.4 Å². The molecule has 2 rings (SSSR count). The first kappa shape index (κ1) is 14.8. The molecule has 0 atom stereocenters. The van der Waals surface area contributed by atoms with E-state index in [1.165, 1.54) is 0 Å². The van der Waals surface area contributed by atoms with E-state index in [0.717, 1.165) is 5.76 Å². The van der Waals surface area contributed by atoms with E-state index in [4.69, 9.17) is 9.15 Å². The predicted octanol–water partition coefficient (Wildman–Crippen LogP) is 3.03. The maximum absolute atomic E-state index is 11.8. The Morgan fingerprint density at radius 3 is 2.81 bits per heavy atom. The number of hydrogen-bond donors (Lipinski definition) is 1. The van der Waals surface area contributed by atoms with Crippen molar-refractivity contribution in [2.24, 2.45) is 0 Å². The quantitative estimate of drug-likeness (QED) is 0.829. The molecule has 21 heavy (non-hydrogen) atoms. The number of carbonyl (C=O) groups is 2. The molecule has 0 radical (unpaired) electrons. The van der Waals surface area contributed by atoms with Crippen LogP contribution < -0.4 is 5.32 Å². The van der Waals surface area contributed by atoms with Crippen molar-refractivity contribution in [2.45, 2.75) is 19.8 Å². The number of amides is 1. The lowest BCUT2D eigenvalue weighted by Crippen LogP contribution is -2.13. The van der Waals surface area contributed by atoms with Gasteiger partial charge in [0.25, 0.3) is 0 Å². The molecule has 0 fully saturated rings. The SMILES string of the molecule is CCOC(=O)c1cccc(NC(=O)CCc2ccco2)c1. The number of anilines is 1. The Labute approximate surface area is 122 Å². The van der Waals surface area contributed by atoms with Crippen molar-refractivity contribution in [1.82, 2.24) is 0 Å². The number of hydrogen-bond acceptors (Lipinski definition) is 4. The molecule has 5 heteroatoms. The normalized spacial score (nSPS) is 10.1. The molecule has 0 bridgehead atoms. The molecule has 5 nitrogen and oxygen atoms in total. The lowest BCUT2D eigenvalue weighted by Gasteiger charge is -2.07. The third-order valence-electron chi connectivity index (χ3n) is 2.84. The molecule has 0 spiro atoms.